The molecule has 2 aromatic rings. The Balaban J connectivity index is 2.38. The fourth-order valence-corrected chi connectivity index (χ4v) is 2.06. The molecule has 1 N–H and O–H groups in total. The van der Waals surface area contributed by atoms with Crippen molar-refractivity contribution in [1.82, 2.24) is 9.97 Å². The monoisotopic (exact) mass is 274 g/mol. The third-order valence-corrected chi connectivity index (χ3v) is 2.91. The molecule has 1 heterocycles. The summed E-state index contributed by atoms with van der Waals surface area (Å²) < 4.78 is 13.0. The van der Waals surface area contributed by atoms with Crippen molar-refractivity contribution in [3.8, 4) is 0 Å². The predicted octanol–water partition coefficient (Wildman–Crippen LogP) is 3.51. The van der Waals surface area contributed by atoms with Crippen LogP contribution >= 0.6 is 0 Å². The second-order valence-electron chi connectivity index (χ2n) is 4.41. The Morgan fingerprint density at radius 3 is 2.45 bits per heavy atom. The van der Waals surface area contributed by atoms with Gasteiger partial charge in [0.05, 0.1) is 0 Å². The maximum Gasteiger partial charge on any atom is 0.138 e. The van der Waals surface area contributed by atoms with Gasteiger partial charge in [-0.05, 0) is 45.0 Å². The molecule has 0 radical (unpaired) electrons. The first kappa shape index (κ1) is 14.2. The first-order valence-corrected chi connectivity index (χ1v) is 6.76. The van der Waals surface area contributed by atoms with E-state index in [9.17, 15) is 4.39 Å². The van der Waals surface area contributed by atoms with Crippen molar-refractivity contribution in [3.63, 3.8) is 0 Å². The molecule has 2 rings (SSSR count). The van der Waals surface area contributed by atoms with E-state index in [2.05, 4.69) is 15.3 Å². The largest absolute Gasteiger partial charge is 0.370 e. The van der Waals surface area contributed by atoms with Gasteiger partial charge >= 0.3 is 0 Å². The lowest BCUT2D eigenvalue weighted by molar-refractivity contribution is 0.627. The zero-order valence-electron chi connectivity index (χ0n) is 12.0. The van der Waals surface area contributed by atoms with Crippen LogP contribution in [0, 0.1) is 12.7 Å². The summed E-state index contributed by atoms with van der Waals surface area (Å²) in [4.78, 5) is 10.8. The molecular formula is C15H19FN4. The molecule has 0 amide bonds. The molecule has 0 aliphatic heterocycles. The van der Waals surface area contributed by atoms with E-state index in [1.807, 2.05) is 31.7 Å². The molecule has 1 aromatic carbocycles. The number of aryl methyl sites for hydroxylation is 1. The Hall–Kier alpha value is -2.17. The summed E-state index contributed by atoms with van der Waals surface area (Å²) in [5.41, 5.74) is 0.912. The maximum atomic E-state index is 13.0. The molecular weight excluding hydrogens is 255 g/mol. The van der Waals surface area contributed by atoms with Gasteiger partial charge in [0.1, 0.15) is 23.3 Å². The van der Waals surface area contributed by atoms with Crippen LogP contribution in [0.15, 0.2) is 30.3 Å². The maximum absolute atomic E-state index is 13.0. The van der Waals surface area contributed by atoms with Crippen LogP contribution in [0.2, 0.25) is 0 Å². The normalized spacial score (nSPS) is 10.4. The van der Waals surface area contributed by atoms with E-state index in [-0.39, 0.29) is 5.82 Å². The molecule has 0 fully saturated rings. The molecule has 0 spiro atoms. The van der Waals surface area contributed by atoms with Gasteiger partial charge in [-0.1, -0.05) is 0 Å². The molecule has 106 valence electrons. The third kappa shape index (κ3) is 3.23. The molecule has 0 saturated carbocycles. The second kappa shape index (κ2) is 6.32. The summed E-state index contributed by atoms with van der Waals surface area (Å²) >= 11 is 0. The SMILES string of the molecule is CCNc1cc(N(CC)c2ccc(F)cc2)nc(C)n1. The zero-order valence-corrected chi connectivity index (χ0v) is 12.0. The minimum absolute atomic E-state index is 0.239. The van der Waals surface area contributed by atoms with E-state index in [0.29, 0.717) is 5.82 Å². The van der Waals surface area contributed by atoms with Crippen molar-refractivity contribution in [2.24, 2.45) is 0 Å². The van der Waals surface area contributed by atoms with Gasteiger partial charge in [0.25, 0.3) is 0 Å². The minimum Gasteiger partial charge on any atom is -0.370 e. The summed E-state index contributed by atoms with van der Waals surface area (Å²) in [6, 6.07) is 8.32. The van der Waals surface area contributed by atoms with Crippen LogP contribution in [0.1, 0.15) is 19.7 Å². The number of aromatic nitrogens is 2. The summed E-state index contributed by atoms with van der Waals surface area (Å²) in [5, 5.41) is 3.19. The molecule has 0 unspecified atom stereocenters. The highest BCUT2D eigenvalue weighted by Crippen LogP contribution is 2.25. The highest BCUT2D eigenvalue weighted by molar-refractivity contribution is 5.62. The molecule has 0 aliphatic rings. The minimum atomic E-state index is -0.239. The van der Waals surface area contributed by atoms with Crippen molar-refractivity contribution in [2.45, 2.75) is 20.8 Å². The molecule has 5 heteroatoms. The van der Waals surface area contributed by atoms with E-state index in [1.54, 1.807) is 12.1 Å². The van der Waals surface area contributed by atoms with Crippen LogP contribution in [0.4, 0.5) is 21.7 Å². The van der Waals surface area contributed by atoms with Crippen LogP contribution in [0.5, 0.6) is 0 Å². The van der Waals surface area contributed by atoms with Crippen molar-refractivity contribution >= 4 is 17.3 Å². The van der Waals surface area contributed by atoms with Crippen LogP contribution in [0.25, 0.3) is 0 Å². The Kier molecular flexibility index (Phi) is 4.50. The van der Waals surface area contributed by atoms with E-state index in [4.69, 9.17) is 0 Å². The lowest BCUT2D eigenvalue weighted by atomic mass is 10.2. The van der Waals surface area contributed by atoms with E-state index in [0.717, 1.165) is 30.4 Å². The molecule has 20 heavy (non-hydrogen) atoms. The molecule has 1 aromatic heterocycles. The van der Waals surface area contributed by atoms with Crippen molar-refractivity contribution in [3.05, 3.63) is 42.0 Å². The molecule has 0 atom stereocenters. The number of rotatable bonds is 5. The van der Waals surface area contributed by atoms with Crippen molar-refractivity contribution in [1.29, 1.82) is 0 Å². The van der Waals surface area contributed by atoms with Crippen LogP contribution in [-0.2, 0) is 0 Å². The van der Waals surface area contributed by atoms with Gasteiger partial charge in [-0.2, -0.15) is 0 Å². The summed E-state index contributed by atoms with van der Waals surface area (Å²) in [5.74, 6) is 2.08. The Morgan fingerprint density at radius 2 is 1.85 bits per heavy atom. The summed E-state index contributed by atoms with van der Waals surface area (Å²) in [7, 11) is 0. The Morgan fingerprint density at radius 1 is 1.15 bits per heavy atom. The third-order valence-electron chi connectivity index (χ3n) is 2.91. The second-order valence-corrected chi connectivity index (χ2v) is 4.41. The molecule has 0 bridgehead atoms. The average Bonchev–Trinajstić information content (AvgIpc) is 2.41. The van der Waals surface area contributed by atoms with E-state index >= 15 is 0 Å². The summed E-state index contributed by atoms with van der Waals surface area (Å²) in [6.07, 6.45) is 0. The molecule has 0 saturated heterocycles. The van der Waals surface area contributed by atoms with Gasteiger partial charge in [-0.25, -0.2) is 14.4 Å². The average molecular weight is 274 g/mol. The summed E-state index contributed by atoms with van der Waals surface area (Å²) in [6.45, 7) is 7.47. The highest BCUT2D eigenvalue weighted by atomic mass is 19.1. The fourth-order valence-electron chi connectivity index (χ4n) is 2.06. The van der Waals surface area contributed by atoms with Gasteiger partial charge in [0, 0.05) is 24.8 Å². The van der Waals surface area contributed by atoms with Crippen molar-refractivity contribution < 1.29 is 4.39 Å². The smallest absolute Gasteiger partial charge is 0.138 e. The van der Waals surface area contributed by atoms with Gasteiger partial charge in [0.2, 0.25) is 0 Å². The van der Waals surface area contributed by atoms with Crippen LogP contribution in [0.3, 0.4) is 0 Å². The number of anilines is 3. The highest BCUT2D eigenvalue weighted by Gasteiger charge is 2.11. The number of halogens is 1. The number of benzene rings is 1. The van der Waals surface area contributed by atoms with Crippen LogP contribution < -0.4 is 10.2 Å². The molecule has 0 aliphatic carbocycles. The number of hydrogen-bond donors (Lipinski definition) is 1. The lowest BCUT2D eigenvalue weighted by Crippen LogP contribution is -2.18. The molecule has 4 nitrogen and oxygen atoms in total. The zero-order chi connectivity index (χ0) is 14.5. The Bertz CT molecular complexity index is 569. The van der Waals surface area contributed by atoms with Gasteiger partial charge < -0.3 is 10.2 Å². The quantitative estimate of drug-likeness (QED) is 0.905. The standard InChI is InChI=1S/C15H19FN4/c1-4-17-14-10-15(19-11(3)18-14)20(5-2)13-8-6-12(16)7-9-13/h6-10H,4-5H2,1-3H3,(H,17,18,19). The van der Waals surface area contributed by atoms with E-state index < -0.39 is 0 Å². The lowest BCUT2D eigenvalue weighted by Gasteiger charge is -2.23. The number of nitrogens with zero attached hydrogens (tertiary/aromatic N) is 3. The van der Waals surface area contributed by atoms with Gasteiger partial charge in [-0.15, -0.1) is 0 Å². The number of hydrogen-bond acceptors (Lipinski definition) is 4. The first-order valence-electron chi connectivity index (χ1n) is 6.76. The first-order chi connectivity index (χ1) is 9.63. The van der Waals surface area contributed by atoms with Crippen molar-refractivity contribution in [2.75, 3.05) is 23.3 Å². The number of nitrogens with one attached hydrogen (secondary N) is 1. The fraction of sp³-hybridized carbons (Fsp3) is 0.333. The topological polar surface area (TPSA) is 41.0 Å². The van der Waals surface area contributed by atoms with Gasteiger partial charge in [0.15, 0.2) is 0 Å². The van der Waals surface area contributed by atoms with E-state index in [1.165, 1.54) is 12.1 Å². The predicted molar refractivity (Wildman–Crippen MR) is 80.0 cm³/mol. The van der Waals surface area contributed by atoms with Crippen LogP contribution in [-0.4, -0.2) is 23.1 Å². The van der Waals surface area contributed by atoms with Gasteiger partial charge in [-0.3, -0.25) is 0 Å². The Labute approximate surface area is 118 Å².